The van der Waals surface area contributed by atoms with Crippen LogP contribution in [0.4, 0.5) is 5.69 Å². The minimum absolute atomic E-state index is 0.260. The maximum Gasteiger partial charge on any atom is 0.329 e. The number of carbonyl (C=O) groups is 2. The normalized spacial score (nSPS) is 10.8. The Labute approximate surface area is 200 Å². The van der Waals surface area contributed by atoms with Gasteiger partial charge in [-0.1, -0.05) is 59.1 Å². The first-order chi connectivity index (χ1) is 15.3. The van der Waals surface area contributed by atoms with Crippen molar-refractivity contribution in [2.75, 3.05) is 5.32 Å². The van der Waals surface area contributed by atoms with Gasteiger partial charge in [-0.05, 0) is 54.4 Å². The number of hydrazone groups is 1. The summed E-state index contributed by atoms with van der Waals surface area (Å²) in [6, 6.07) is 17.2. The first-order valence-corrected chi connectivity index (χ1v) is 10.5. The molecule has 0 fully saturated rings. The molecule has 0 saturated carbocycles. The van der Waals surface area contributed by atoms with Crippen molar-refractivity contribution in [3.05, 3.63) is 92.4 Å². The Morgan fingerprint density at radius 2 is 1.78 bits per heavy atom. The molecule has 6 nitrogen and oxygen atoms in total. The van der Waals surface area contributed by atoms with Gasteiger partial charge in [-0.15, -0.1) is 0 Å². The second kappa shape index (κ2) is 11.0. The Balaban J connectivity index is 1.54. The van der Waals surface area contributed by atoms with Crippen LogP contribution >= 0.6 is 34.8 Å². The van der Waals surface area contributed by atoms with Gasteiger partial charge in [0.15, 0.2) is 0 Å². The number of rotatable bonds is 6. The molecule has 3 aromatic carbocycles. The van der Waals surface area contributed by atoms with E-state index < -0.39 is 11.8 Å². The molecule has 0 unspecified atom stereocenters. The van der Waals surface area contributed by atoms with Crippen LogP contribution in [-0.4, -0.2) is 18.0 Å². The molecule has 164 valence electrons. The smallest absolute Gasteiger partial charge is 0.329 e. The van der Waals surface area contributed by atoms with E-state index in [1.54, 1.807) is 60.7 Å². The Bertz CT molecular complexity index is 1180. The number of anilines is 1. The van der Waals surface area contributed by atoms with Gasteiger partial charge in [0, 0.05) is 26.3 Å². The summed E-state index contributed by atoms with van der Waals surface area (Å²) in [4.78, 5) is 23.9. The van der Waals surface area contributed by atoms with E-state index in [1.807, 2.05) is 6.92 Å². The van der Waals surface area contributed by atoms with E-state index in [-0.39, 0.29) is 6.61 Å². The summed E-state index contributed by atoms with van der Waals surface area (Å²) in [6.45, 7) is 2.10. The quantitative estimate of drug-likeness (QED) is 0.267. The number of hydrogen-bond donors (Lipinski definition) is 2. The molecular weight excluding hydrogens is 473 g/mol. The van der Waals surface area contributed by atoms with E-state index in [9.17, 15) is 9.59 Å². The highest BCUT2D eigenvalue weighted by Crippen LogP contribution is 2.23. The topological polar surface area (TPSA) is 79.8 Å². The predicted molar refractivity (Wildman–Crippen MR) is 128 cm³/mol. The van der Waals surface area contributed by atoms with Crippen LogP contribution in [0.5, 0.6) is 5.75 Å². The number of carbonyl (C=O) groups excluding carboxylic acids is 2. The highest BCUT2D eigenvalue weighted by molar-refractivity contribution is 6.40. The molecule has 0 aliphatic heterocycles. The molecule has 0 heterocycles. The number of halogens is 3. The summed E-state index contributed by atoms with van der Waals surface area (Å²) < 4.78 is 5.75. The number of hydrogen-bond acceptors (Lipinski definition) is 4. The van der Waals surface area contributed by atoms with Gasteiger partial charge in [-0.3, -0.25) is 9.59 Å². The Kier molecular flexibility index (Phi) is 8.11. The lowest BCUT2D eigenvalue weighted by Gasteiger charge is -2.08. The molecular formula is C23H18Cl3N3O3. The van der Waals surface area contributed by atoms with Crippen molar-refractivity contribution in [3.63, 3.8) is 0 Å². The third kappa shape index (κ3) is 6.72. The highest BCUT2D eigenvalue weighted by atomic mass is 35.5. The van der Waals surface area contributed by atoms with Crippen molar-refractivity contribution in [2.24, 2.45) is 5.10 Å². The van der Waals surface area contributed by atoms with Crippen molar-refractivity contribution in [1.29, 1.82) is 0 Å². The first kappa shape index (κ1) is 23.6. The molecule has 0 aliphatic carbocycles. The SMILES string of the molecule is Cc1ccc(NC(=O)C(=O)N/N=C/c2cccc(OCc3ccc(Cl)cc3Cl)c2)cc1Cl. The minimum atomic E-state index is -0.914. The van der Waals surface area contributed by atoms with Gasteiger partial charge in [0.2, 0.25) is 0 Å². The first-order valence-electron chi connectivity index (χ1n) is 9.39. The minimum Gasteiger partial charge on any atom is -0.489 e. The fourth-order valence-electron chi connectivity index (χ4n) is 2.56. The third-order valence-electron chi connectivity index (χ3n) is 4.28. The molecule has 0 radical (unpaired) electrons. The molecule has 0 aromatic heterocycles. The third-order valence-corrected chi connectivity index (χ3v) is 5.28. The van der Waals surface area contributed by atoms with E-state index in [4.69, 9.17) is 39.5 Å². The molecule has 9 heteroatoms. The Morgan fingerprint density at radius 3 is 2.53 bits per heavy atom. The molecule has 0 aliphatic rings. The van der Waals surface area contributed by atoms with Crippen LogP contribution in [0.3, 0.4) is 0 Å². The Hall–Kier alpha value is -3.06. The lowest BCUT2D eigenvalue weighted by Crippen LogP contribution is -2.32. The maximum absolute atomic E-state index is 12.0. The van der Waals surface area contributed by atoms with Crippen LogP contribution in [0, 0.1) is 6.92 Å². The monoisotopic (exact) mass is 489 g/mol. The summed E-state index contributed by atoms with van der Waals surface area (Å²) in [5, 5.41) is 7.83. The van der Waals surface area contributed by atoms with E-state index in [0.717, 1.165) is 11.1 Å². The number of amides is 2. The average molecular weight is 491 g/mol. The second-order valence-corrected chi connectivity index (χ2v) is 7.96. The van der Waals surface area contributed by atoms with Gasteiger partial charge < -0.3 is 10.1 Å². The molecule has 0 spiro atoms. The number of benzene rings is 3. The fraction of sp³-hybridized carbons (Fsp3) is 0.0870. The lowest BCUT2D eigenvalue weighted by atomic mass is 10.2. The molecule has 2 N–H and O–H groups in total. The molecule has 0 saturated heterocycles. The lowest BCUT2D eigenvalue weighted by molar-refractivity contribution is -0.136. The summed E-state index contributed by atoms with van der Waals surface area (Å²) in [7, 11) is 0. The largest absolute Gasteiger partial charge is 0.489 e. The van der Waals surface area contributed by atoms with E-state index in [2.05, 4.69) is 15.8 Å². The van der Waals surface area contributed by atoms with Crippen LogP contribution in [0.2, 0.25) is 15.1 Å². The predicted octanol–water partition coefficient (Wildman–Crippen LogP) is 5.62. The van der Waals surface area contributed by atoms with Crippen LogP contribution in [0.25, 0.3) is 0 Å². The molecule has 2 amide bonds. The molecule has 3 aromatic rings. The number of aryl methyl sites for hydroxylation is 1. The van der Waals surface area contributed by atoms with Gasteiger partial charge in [0.25, 0.3) is 0 Å². The van der Waals surface area contributed by atoms with Crippen molar-refractivity contribution < 1.29 is 14.3 Å². The van der Waals surface area contributed by atoms with Crippen LogP contribution < -0.4 is 15.5 Å². The zero-order valence-corrected chi connectivity index (χ0v) is 19.1. The van der Waals surface area contributed by atoms with Crippen molar-refractivity contribution in [3.8, 4) is 5.75 Å². The summed E-state index contributed by atoms with van der Waals surface area (Å²) >= 11 is 18.1. The molecule has 3 rings (SSSR count). The summed E-state index contributed by atoms with van der Waals surface area (Å²) in [5.41, 5.74) is 4.91. The highest BCUT2D eigenvalue weighted by Gasteiger charge is 2.13. The molecule has 32 heavy (non-hydrogen) atoms. The fourth-order valence-corrected chi connectivity index (χ4v) is 3.20. The zero-order valence-electron chi connectivity index (χ0n) is 16.9. The number of ether oxygens (including phenoxy) is 1. The maximum atomic E-state index is 12.0. The van der Waals surface area contributed by atoms with Gasteiger partial charge in [-0.25, -0.2) is 5.43 Å². The van der Waals surface area contributed by atoms with Crippen molar-refractivity contribution >= 4 is 58.5 Å². The Morgan fingerprint density at radius 1 is 0.969 bits per heavy atom. The molecule has 0 bridgehead atoms. The van der Waals surface area contributed by atoms with Crippen LogP contribution in [0.1, 0.15) is 16.7 Å². The van der Waals surface area contributed by atoms with E-state index in [0.29, 0.717) is 32.1 Å². The van der Waals surface area contributed by atoms with Gasteiger partial charge in [-0.2, -0.15) is 5.10 Å². The standard InChI is InChI=1S/C23H18Cl3N3O3/c1-14-5-8-18(11-20(14)25)28-22(30)23(31)29-27-12-15-3-2-4-19(9-15)32-13-16-6-7-17(24)10-21(16)26/h2-12H,13H2,1H3,(H,28,30)(H,29,31)/b27-12+. The van der Waals surface area contributed by atoms with Crippen LogP contribution in [0.15, 0.2) is 65.8 Å². The second-order valence-electron chi connectivity index (χ2n) is 6.71. The zero-order chi connectivity index (χ0) is 23.1. The van der Waals surface area contributed by atoms with Gasteiger partial charge in [0.05, 0.1) is 6.21 Å². The van der Waals surface area contributed by atoms with Crippen molar-refractivity contribution in [1.82, 2.24) is 5.43 Å². The van der Waals surface area contributed by atoms with E-state index in [1.165, 1.54) is 6.21 Å². The summed E-state index contributed by atoms with van der Waals surface area (Å²) in [5.74, 6) is -1.19. The van der Waals surface area contributed by atoms with E-state index >= 15 is 0 Å². The molecule has 0 atom stereocenters. The number of nitrogens with one attached hydrogen (secondary N) is 2. The van der Waals surface area contributed by atoms with Crippen LogP contribution in [-0.2, 0) is 16.2 Å². The van der Waals surface area contributed by atoms with Gasteiger partial charge >= 0.3 is 11.8 Å². The van der Waals surface area contributed by atoms with Gasteiger partial charge in [0.1, 0.15) is 12.4 Å². The average Bonchev–Trinajstić information content (AvgIpc) is 2.76. The van der Waals surface area contributed by atoms with Crippen molar-refractivity contribution in [2.45, 2.75) is 13.5 Å². The number of nitrogens with zero attached hydrogens (tertiary/aromatic N) is 1. The summed E-state index contributed by atoms with van der Waals surface area (Å²) in [6.07, 6.45) is 1.40.